The van der Waals surface area contributed by atoms with Crippen molar-refractivity contribution in [2.45, 2.75) is 31.7 Å². The van der Waals surface area contributed by atoms with Crippen LogP contribution in [0, 0.1) is 13.8 Å². The van der Waals surface area contributed by atoms with Crippen LogP contribution in [-0.2, 0) is 21.4 Å². The topological polar surface area (TPSA) is 105 Å². The van der Waals surface area contributed by atoms with Crippen molar-refractivity contribution in [1.29, 1.82) is 0 Å². The molecule has 142 valence electrons. The maximum Gasteiger partial charge on any atom is 0.240 e. The maximum absolute atomic E-state index is 12.3. The fraction of sp³-hybridized carbons (Fsp3) is 0.278. The molecular formula is C18H21N5O3S. The fourth-order valence-corrected chi connectivity index (χ4v) is 3.66. The Morgan fingerprint density at radius 1 is 1.11 bits per heavy atom. The Hall–Kier alpha value is -2.78. The van der Waals surface area contributed by atoms with Gasteiger partial charge in [-0.2, -0.15) is 0 Å². The summed E-state index contributed by atoms with van der Waals surface area (Å²) in [6, 6.07) is 10.5. The van der Waals surface area contributed by atoms with Crippen LogP contribution in [0.2, 0.25) is 0 Å². The van der Waals surface area contributed by atoms with E-state index in [9.17, 15) is 13.2 Å². The SMILES string of the molecule is Cc1ccc(S(=O)(=O)NCCC(=O)NCc2nnc3ccccn23)cc1C. The summed E-state index contributed by atoms with van der Waals surface area (Å²) in [6.45, 7) is 4.01. The van der Waals surface area contributed by atoms with Crippen LogP contribution in [0.3, 0.4) is 0 Å². The molecule has 0 radical (unpaired) electrons. The summed E-state index contributed by atoms with van der Waals surface area (Å²) < 4.78 is 28.8. The molecule has 2 heterocycles. The summed E-state index contributed by atoms with van der Waals surface area (Å²) in [5.41, 5.74) is 2.62. The quantitative estimate of drug-likeness (QED) is 0.636. The number of rotatable bonds is 7. The van der Waals surface area contributed by atoms with E-state index in [0.717, 1.165) is 11.1 Å². The van der Waals surface area contributed by atoms with E-state index in [1.165, 1.54) is 0 Å². The number of fused-ring (bicyclic) bond motifs is 1. The van der Waals surface area contributed by atoms with Gasteiger partial charge in [0, 0.05) is 19.2 Å². The van der Waals surface area contributed by atoms with E-state index in [0.29, 0.717) is 11.5 Å². The molecule has 1 aromatic carbocycles. The number of hydrogen-bond acceptors (Lipinski definition) is 5. The number of aryl methyl sites for hydroxylation is 2. The van der Waals surface area contributed by atoms with Crippen LogP contribution in [0.1, 0.15) is 23.4 Å². The van der Waals surface area contributed by atoms with Gasteiger partial charge in [0.1, 0.15) is 0 Å². The van der Waals surface area contributed by atoms with Gasteiger partial charge in [-0.1, -0.05) is 12.1 Å². The molecular weight excluding hydrogens is 366 g/mol. The van der Waals surface area contributed by atoms with Crippen molar-refractivity contribution in [3.05, 3.63) is 59.5 Å². The first kappa shape index (κ1) is 19.0. The van der Waals surface area contributed by atoms with Crippen LogP contribution in [0.5, 0.6) is 0 Å². The third kappa shape index (κ3) is 4.50. The van der Waals surface area contributed by atoms with Gasteiger partial charge in [-0.05, 0) is 49.2 Å². The molecule has 3 rings (SSSR count). The van der Waals surface area contributed by atoms with Gasteiger partial charge in [-0.3, -0.25) is 9.20 Å². The van der Waals surface area contributed by atoms with E-state index in [4.69, 9.17) is 0 Å². The Labute approximate surface area is 157 Å². The Balaban J connectivity index is 1.51. The summed E-state index contributed by atoms with van der Waals surface area (Å²) in [7, 11) is -3.64. The Bertz CT molecular complexity index is 1080. The molecule has 0 fully saturated rings. The first-order valence-electron chi connectivity index (χ1n) is 8.49. The lowest BCUT2D eigenvalue weighted by atomic mass is 10.1. The summed E-state index contributed by atoms with van der Waals surface area (Å²) >= 11 is 0. The number of carbonyl (C=O) groups excluding carboxylic acids is 1. The Morgan fingerprint density at radius 2 is 1.93 bits per heavy atom. The van der Waals surface area contributed by atoms with Gasteiger partial charge in [0.2, 0.25) is 15.9 Å². The predicted octanol–water partition coefficient (Wildman–Crippen LogP) is 1.33. The van der Waals surface area contributed by atoms with Crippen LogP contribution in [0.15, 0.2) is 47.5 Å². The number of nitrogens with zero attached hydrogens (tertiary/aromatic N) is 3. The third-order valence-corrected chi connectivity index (χ3v) is 5.72. The molecule has 8 nitrogen and oxygen atoms in total. The number of nitrogens with one attached hydrogen (secondary N) is 2. The Kier molecular flexibility index (Phi) is 5.52. The van der Waals surface area contributed by atoms with Crippen LogP contribution in [0.25, 0.3) is 5.65 Å². The van der Waals surface area contributed by atoms with Crippen molar-refractivity contribution in [3.63, 3.8) is 0 Å². The summed E-state index contributed by atoms with van der Waals surface area (Å²) in [4.78, 5) is 12.2. The summed E-state index contributed by atoms with van der Waals surface area (Å²) in [5.74, 6) is 0.333. The highest BCUT2D eigenvalue weighted by Gasteiger charge is 2.15. The lowest BCUT2D eigenvalue weighted by Crippen LogP contribution is -2.31. The molecule has 0 saturated carbocycles. The minimum absolute atomic E-state index is 0.0155. The normalized spacial score (nSPS) is 11.6. The molecule has 0 saturated heterocycles. The molecule has 1 amide bonds. The second-order valence-corrected chi connectivity index (χ2v) is 7.98. The number of benzene rings is 1. The van der Waals surface area contributed by atoms with Gasteiger partial charge < -0.3 is 5.32 Å². The van der Waals surface area contributed by atoms with Gasteiger partial charge in [0.05, 0.1) is 11.4 Å². The molecule has 0 atom stereocenters. The van der Waals surface area contributed by atoms with Gasteiger partial charge in [0.15, 0.2) is 11.5 Å². The summed E-state index contributed by atoms with van der Waals surface area (Å²) in [6.07, 6.45) is 1.84. The van der Waals surface area contributed by atoms with Crippen LogP contribution >= 0.6 is 0 Å². The average Bonchev–Trinajstić information content (AvgIpc) is 3.05. The largest absolute Gasteiger partial charge is 0.349 e. The predicted molar refractivity (Wildman–Crippen MR) is 101 cm³/mol. The monoisotopic (exact) mass is 387 g/mol. The number of pyridine rings is 1. The van der Waals surface area contributed by atoms with Gasteiger partial charge >= 0.3 is 0 Å². The highest BCUT2D eigenvalue weighted by molar-refractivity contribution is 7.89. The first-order chi connectivity index (χ1) is 12.9. The second-order valence-electron chi connectivity index (χ2n) is 6.22. The zero-order valence-electron chi connectivity index (χ0n) is 15.1. The minimum atomic E-state index is -3.64. The molecule has 0 unspecified atom stereocenters. The number of hydrogen-bond donors (Lipinski definition) is 2. The number of sulfonamides is 1. The van der Waals surface area contributed by atoms with Crippen molar-refractivity contribution in [2.75, 3.05) is 6.54 Å². The van der Waals surface area contributed by atoms with Crippen LogP contribution < -0.4 is 10.0 Å². The zero-order chi connectivity index (χ0) is 19.4. The van der Waals surface area contributed by atoms with E-state index in [-0.39, 0.29) is 30.3 Å². The lowest BCUT2D eigenvalue weighted by Gasteiger charge is -2.09. The second kappa shape index (κ2) is 7.85. The van der Waals surface area contributed by atoms with E-state index in [1.54, 1.807) is 22.6 Å². The van der Waals surface area contributed by atoms with Crippen molar-refractivity contribution in [3.8, 4) is 0 Å². The number of carbonyl (C=O) groups is 1. The van der Waals surface area contributed by atoms with E-state index in [2.05, 4.69) is 20.2 Å². The molecule has 0 aliphatic heterocycles. The highest BCUT2D eigenvalue weighted by Crippen LogP contribution is 2.14. The van der Waals surface area contributed by atoms with E-state index >= 15 is 0 Å². The molecule has 2 N–H and O–H groups in total. The third-order valence-electron chi connectivity index (χ3n) is 4.26. The van der Waals surface area contributed by atoms with Gasteiger partial charge in [0.25, 0.3) is 0 Å². The van der Waals surface area contributed by atoms with Crippen LogP contribution in [0.4, 0.5) is 0 Å². The van der Waals surface area contributed by atoms with Crippen molar-refractivity contribution in [2.24, 2.45) is 0 Å². The lowest BCUT2D eigenvalue weighted by molar-refractivity contribution is -0.121. The van der Waals surface area contributed by atoms with Crippen molar-refractivity contribution >= 4 is 21.6 Å². The number of amides is 1. The zero-order valence-corrected chi connectivity index (χ0v) is 16.0. The van der Waals surface area contributed by atoms with E-state index in [1.807, 2.05) is 38.2 Å². The molecule has 9 heteroatoms. The number of aromatic nitrogens is 3. The molecule has 27 heavy (non-hydrogen) atoms. The van der Waals surface area contributed by atoms with Gasteiger partial charge in [-0.15, -0.1) is 10.2 Å². The average molecular weight is 387 g/mol. The van der Waals surface area contributed by atoms with Crippen LogP contribution in [-0.4, -0.2) is 35.5 Å². The minimum Gasteiger partial charge on any atom is -0.349 e. The molecule has 0 bridgehead atoms. The molecule has 0 aliphatic carbocycles. The molecule has 2 aromatic heterocycles. The Morgan fingerprint density at radius 3 is 2.70 bits per heavy atom. The smallest absolute Gasteiger partial charge is 0.240 e. The first-order valence-corrected chi connectivity index (χ1v) is 9.97. The standard InChI is InChI=1S/C18H21N5O3S/c1-13-6-7-15(11-14(13)2)27(25,26)20-9-8-18(24)19-12-17-22-21-16-5-3-4-10-23(16)17/h3-7,10-11,20H,8-9,12H2,1-2H3,(H,19,24). The van der Waals surface area contributed by atoms with Crippen molar-refractivity contribution < 1.29 is 13.2 Å². The summed E-state index contributed by atoms with van der Waals surface area (Å²) in [5, 5.41) is 10.8. The van der Waals surface area contributed by atoms with Gasteiger partial charge in [-0.25, -0.2) is 13.1 Å². The van der Waals surface area contributed by atoms with Crippen molar-refractivity contribution in [1.82, 2.24) is 24.6 Å². The molecule has 0 aliphatic rings. The highest BCUT2D eigenvalue weighted by atomic mass is 32.2. The molecule has 3 aromatic rings. The fourth-order valence-electron chi connectivity index (χ4n) is 2.54. The van der Waals surface area contributed by atoms with E-state index < -0.39 is 10.0 Å². The molecule has 0 spiro atoms. The maximum atomic E-state index is 12.3.